The highest BCUT2D eigenvalue weighted by molar-refractivity contribution is 6.37. The number of likely N-dealkylation sites (tertiary alicyclic amines) is 1. The molecule has 0 saturated carbocycles. The van der Waals surface area contributed by atoms with Crippen molar-refractivity contribution in [2.75, 3.05) is 52.3 Å². The van der Waals surface area contributed by atoms with Crippen molar-refractivity contribution in [3.05, 3.63) is 46.6 Å². The Morgan fingerprint density at radius 1 is 1.03 bits per heavy atom. The summed E-state index contributed by atoms with van der Waals surface area (Å²) in [6, 6.07) is 9.85. The summed E-state index contributed by atoms with van der Waals surface area (Å²) >= 11 is 12.6. The average molecular weight is 517 g/mol. The van der Waals surface area contributed by atoms with Crippen LogP contribution in [0.2, 0.25) is 10.0 Å². The van der Waals surface area contributed by atoms with E-state index >= 15 is 0 Å². The SMILES string of the molecule is COc1cc(Nc2ccnc3cc(OCCCN4CC5CNC(C5)C4)c(OC)cc23)c(Cl)cc1Cl. The molecule has 2 atom stereocenters. The van der Waals surface area contributed by atoms with Crippen LogP contribution in [0.4, 0.5) is 11.4 Å². The van der Waals surface area contributed by atoms with E-state index in [9.17, 15) is 0 Å². The number of hydrogen-bond donors (Lipinski definition) is 2. The Labute approximate surface area is 215 Å². The van der Waals surface area contributed by atoms with Crippen molar-refractivity contribution in [3.63, 3.8) is 0 Å². The van der Waals surface area contributed by atoms with E-state index in [0.717, 1.165) is 48.6 Å². The van der Waals surface area contributed by atoms with E-state index in [-0.39, 0.29) is 0 Å². The van der Waals surface area contributed by atoms with Crippen LogP contribution in [0.15, 0.2) is 36.5 Å². The van der Waals surface area contributed by atoms with Gasteiger partial charge in [-0.1, -0.05) is 23.2 Å². The molecule has 35 heavy (non-hydrogen) atoms. The maximum Gasteiger partial charge on any atom is 0.163 e. The predicted octanol–water partition coefficient (Wildman–Crippen LogP) is 5.37. The summed E-state index contributed by atoms with van der Waals surface area (Å²) < 4.78 is 17.1. The van der Waals surface area contributed by atoms with Crippen molar-refractivity contribution < 1.29 is 14.2 Å². The summed E-state index contributed by atoms with van der Waals surface area (Å²) in [5, 5.41) is 8.81. The molecular weight excluding hydrogens is 487 g/mol. The Kier molecular flexibility index (Phi) is 7.39. The highest BCUT2D eigenvalue weighted by Gasteiger charge is 2.31. The van der Waals surface area contributed by atoms with E-state index < -0.39 is 0 Å². The second-order valence-corrected chi connectivity index (χ2v) is 9.95. The lowest BCUT2D eigenvalue weighted by Gasteiger charge is -2.30. The number of benzene rings is 2. The molecule has 0 spiro atoms. The van der Waals surface area contributed by atoms with Gasteiger partial charge in [0.05, 0.1) is 42.1 Å². The minimum atomic E-state index is 0.454. The van der Waals surface area contributed by atoms with E-state index in [1.165, 1.54) is 13.0 Å². The maximum absolute atomic E-state index is 6.42. The van der Waals surface area contributed by atoms with Crippen molar-refractivity contribution in [1.29, 1.82) is 0 Å². The Hall–Kier alpha value is -2.45. The molecule has 2 aliphatic rings. The molecule has 2 aromatic carbocycles. The molecule has 5 rings (SSSR count). The predicted molar refractivity (Wildman–Crippen MR) is 141 cm³/mol. The number of pyridine rings is 1. The lowest BCUT2D eigenvalue weighted by molar-refractivity contribution is 0.176. The first-order valence-corrected chi connectivity index (χ1v) is 12.6. The molecule has 3 aromatic rings. The number of methoxy groups -OCH3 is 2. The highest BCUT2D eigenvalue weighted by atomic mass is 35.5. The van der Waals surface area contributed by atoms with Crippen molar-refractivity contribution in [2.45, 2.75) is 18.9 Å². The van der Waals surface area contributed by atoms with Crippen LogP contribution in [0, 0.1) is 5.92 Å². The van der Waals surface area contributed by atoms with E-state index in [2.05, 4.69) is 20.5 Å². The van der Waals surface area contributed by atoms with E-state index in [4.69, 9.17) is 37.4 Å². The molecule has 2 unspecified atom stereocenters. The first kappa shape index (κ1) is 24.3. The Bertz CT molecular complexity index is 1200. The fourth-order valence-electron chi connectivity index (χ4n) is 5.05. The van der Waals surface area contributed by atoms with Gasteiger partial charge in [-0.25, -0.2) is 0 Å². The normalized spacial score (nSPS) is 19.7. The monoisotopic (exact) mass is 516 g/mol. The van der Waals surface area contributed by atoms with Gasteiger partial charge in [0.25, 0.3) is 0 Å². The van der Waals surface area contributed by atoms with Gasteiger partial charge in [0, 0.05) is 55.1 Å². The molecule has 186 valence electrons. The van der Waals surface area contributed by atoms with Gasteiger partial charge in [0.15, 0.2) is 11.5 Å². The molecule has 0 amide bonds. The average Bonchev–Trinajstić information content (AvgIpc) is 3.20. The number of nitrogens with zero attached hydrogens (tertiary/aromatic N) is 2. The van der Waals surface area contributed by atoms with Crippen LogP contribution in [0.3, 0.4) is 0 Å². The summed E-state index contributed by atoms with van der Waals surface area (Å²) in [6.07, 6.45) is 4.04. The number of halogens is 2. The van der Waals surface area contributed by atoms with Crippen LogP contribution in [0.5, 0.6) is 17.2 Å². The number of ether oxygens (including phenoxy) is 3. The minimum Gasteiger partial charge on any atom is -0.495 e. The van der Waals surface area contributed by atoms with Crippen molar-refractivity contribution >= 4 is 45.5 Å². The van der Waals surface area contributed by atoms with Gasteiger partial charge in [-0.3, -0.25) is 4.98 Å². The zero-order valence-corrected chi connectivity index (χ0v) is 21.5. The van der Waals surface area contributed by atoms with E-state index in [0.29, 0.717) is 45.6 Å². The highest BCUT2D eigenvalue weighted by Crippen LogP contribution is 2.39. The largest absolute Gasteiger partial charge is 0.495 e. The molecule has 0 radical (unpaired) electrons. The van der Waals surface area contributed by atoms with Gasteiger partial charge in [-0.05, 0) is 43.5 Å². The molecular formula is C26H30Cl2N4O3. The van der Waals surface area contributed by atoms with Crippen molar-refractivity contribution in [1.82, 2.24) is 15.2 Å². The molecule has 0 aliphatic carbocycles. The third kappa shape index (κ3) is 5.38. The second kappa shape index (κ2) is 10.7. The number of piperidine rings is 1. The van der Waals surface area contributed by atoms with Gasteiger partial charge in [-0.15, -0.1) is 0 Å². The van der Waals surface area contributed by atoms with Gasteiger partial charge >= 0.3 is 0 Å². The molecule has 2 aliphatic heterocycles. The molecule has 2 N–H and O–H groups in total. The van der Waals surface area contributed by atoms with Gasteiger partial charge in [0.1, 0.15) is 5.75 Å². The minimum absolute atomic E-state index is 0.454. The van der Waals surface area contributed by atoms with Gasteiger partial charge in [0.2, 0.25) is 0 Å². The Morgan fingerprint density at radius 2 is 1.89 bits per heavy atom. The summed E-state index contributed by atoms with van der Waals surface area (Å²) in [5.41, 5.74) is 2.31. The quantitative estimate of drug-likeness (QED) is 0.370. The van der Waals surface area contributed by atoms with Crippen molar-refractivity contribution in [2.24, 2.45) is 5.92 Å². The zero-order chi connectivity index (χ0) is 24.4. The van der Waals surface area contributed by atoms with Crippen LogP contribution in [-0.2, 0) is 0 Å². The smallest absolute Gasteiger partial charge is 0.163 e. The number of hydrogen-bond acceptors (Lipinski definition) is 7. The third-order valence-corrected chi connectivity index (χ3v) is 7.33. The standard InChI is InChI=1S/C26H30Cl2N4O3/c1-33-24-12-23(19(27)10-20(24)28)31-21-4-5-29-22-11-26(25(34-2)9-18(21)22)35-7-3-6-32-14-16-8-17(15-32)30-13-16/h4-5,9-12,16-17,30H,3,6-8,13-15H2,1-2H3,(H,29,31). The molecule has 9 heteroatoms. The maximum atomic E-state index is 6.42. The summed E-state index contributed by atoms with van der Waals surface area (Å²) in [4.78, 5) is 7.10. The summed E-state index contributed by atoms with van der Waals surface area (Å²) in [6.45, 7) is 5.15. The lowest BCUT2D eigenvalue weighted by atomic mass is 10.00. The molecule has 2 bridgehead atoms. The Balaban J connectivity index is 1.29. The van der Waals surface area contributed by atoms with Crippen molar-refractivity contribution in [3.8, 4) is 17.2 Å². The van der Waals surface area contributed by atoms with Crippen LogP contribution in [0.1, 0.15) is 12.8 Å². The second-order valence-electron chi connectivity index (χ2n) is 9.14. The molecule has 7 nitrogen and oxygen atoms in total. The van der Waals surface area contributed by atoms with Crippen LogP contribution < -0.4 is 24.8 Å². The van der Waals surface area contributed by atoms with E-state index in [1.807, 2.05) is 18.2 Å². The third-order valence-electron chi connectivity index (χ3n) is 6.72. The first-order valence-electron chi connectivity index (χ1n) is 11.9. The van der Waals surface area contributed by atoms with Crippen LogP contribution >= 0.6 is 23.2 Å². The topological polar surface area (TPSA) is 67.9 Å². The molecule has 2 fully saturated rings. The van der Waals surface area contributed by atoms with Crippen LogP contribution in [0.25, 0.3) is 10.9 Å². The summed E-state index contributed by atoms with van der Waals surface area (Å²) in [7, 11) is 3.22. The fourth-order valence-corrected chi connectivity index (χ4v) is 5.55. The fraction of sp³-hybridized carbons (Fsp3) is 0.423. The lowest BCUT2D eigenvalue weighted by Crippen LogP contribution is -2.41. The first-order chi connectivity index (χ1) is 17.0. The number of nitrogens with one attached hydrogen (secondary N) is 2. The zero-order valence-electron chi connectivity index (χ0n) is 19.9. The van der Waals surface area contributed by atoms with Crippen LogP contribution in [-0.4, -0.2) is 62.9 Å². The molecule has 3 heterocycles. The number of rotatable bonds is 9. The van der Waals surface area contributed by atoms with Gasteiger partial charge in [-0.2, -0.15) is 0 Å². The molecule has 1 aromatic heterocycles. The molecule has 2 saturated heterocycles. The number of fused-ring (bicyclic) bond motifs is 3. The number of anilines is 2. The summed E-state index contributed by atoms with van der Waals surface area (Å²) in [5.74, 6) is 2.69. The number of aromatic nitrogens is 1. The Morgan fingerprint density at radius 3 is 2.69 bits per heavy atom. The van der Waals surface area contributed by atoms with E-state index in [1.54, 1.807) is 32.5 Å². The van der Waals surface area contributed by atoms with Gasteiger partial charge < -0.3 is 29.7 Å².